The van der Waals surface area contributed by atoms with Gasteiger partial charge in [-0.05, 0) is 18.2 Å². The van der Waals surface area contributed by atoms with E-state index in [4.69, 9.17) is 20.8 Å². The number of hydrogen-bond acceptors (Lipinski definition) is 3. The molecule has 0 aliphatic carbocycles. The minimum absolute atomic E-state index is 0.123. The second-order valence-corrected chi connectivity index (χ2v) is 4.75. The largest absolute Gasteiger partial charge is 0.482 e. The molecule has 0 unspecified atom stereocenters. The van der Waals surface area contributed by atoms with Crippen molar-refractivity contribution >= 4 is 11.6 Å². The molecule has 0 saturated carbocycles. The zero-order chi connectivity index (χ0) is 14.7. The van der Waals surface area contributed by atoms with Gasteiger partial charge in [0, 0.05) is 5.56 Å². The van der Waals surface area contributed by atoms with Gasteiger partial charge in [0.15, 0.2) is 12.4 Å². The molecule has 0 radical (unpaired) electrons. The highest BCUT2D eigenvalue weighted by atomic mass is 35.5. The molecule has 0 aliphatic rings. The molecular formula is C16H11ClFNO2. The van der Waals surface area contributed by atoms with Gasteiger partial charge in [-0.25, -0.2) is 9.37 Å². The number of benzene rings is 2. The predicted molar refractivity (Wildman–Crippen MR) is 77.7 cm³/mol. The van der Waals surface area contributed by atoms with Crippen LogP contribution >= 0.6 is 11.6 Å². The topological polar surface area (TPSA) is 35.3 Å². The van der Waals surface area contributed by atoms with Crippen molar-refractivity contribution in [1.82, 2.24) is 4.98 Å². The fourth-order valence-electron chi connectivity index (χ4n) is 1.84. The Morgan fingerprint density at radius 1 is 1.14 bits per heavy atom. The molecule has 0 aliphatic heterocycles. The molecule has 2 aromatic carbocycles. The SMILES string of the molecule is Fc1ccc(OCc2ncc(-c3ccccc3)o2)c(Cl)c1. The minimum Gasteiger partial charge on any atom is -0.482 e. The number of aromatic nitrogens is 1. The molecular weight excluding hydrogens is 293 g/mol. The first-order chi connectivity index (χ1) is 10.2. The molecule has 3 aromatic rings. The highest BCUT2D eigenvalue weighted by Crippen LogP contribution is 2.26. The van der Waals surface area contributed by atoms with Gasteiger partial charge < -0.3 is 9.15 Å². The molecule has 0 fully saturated rings. The second kappa shape index (κ2) is 5.97. The summed E-state index contributed by atoms with van der Waals surface area (Å²) in [4.78, 5) is 4.15. The molecule has 0 spiro atoms. The van der Waals surface area contributed by atoms with E-state index in [1.54, 1.807) is 6.20 Å². The fraction of sp³-hybridized carbons (Fsp3) is 0.0625. The number of hydrogen-bond donors (Lipinski definition) is 0. The van der Waals surface area contributed by atoms with E-state index < -0.39 is 5.82 Å². The van der Waals surface area contributed by atoms with Crippen molar-refractivity contribution in [2.45, 2.75) is 6.61 Å². The lowest BCUT2D eigenvalue weighted by Gasteiger charge is -2.05. The summed E-state index contributed by atoms with van der Waals surface area (Å²) in [7, 11) is 0. The smallest absolute Gasteiger partial charge is 0.232 e. The highest BCUT2D eigenvalue weighted by molar-refractivity contribution is 6.32. The number of oxazole rings is 1. The van der Waals surface area contributed by atoms with Gasteiger partial charge in [0.1, 0.15) is 11.6 Å². The molecule has 0 N–H and O–H groups in total. The van der Waals surface area contributed by atoms with Crippen LogP contribution in [0.15, 0.2) is 59.1 Å². The van der Waals surface area contributed by atoms with E-state index in [-0.39, 0.29) is 11.6 Å². The van der Waals surface area contributed by atoms with Crippen LogP contribution < -0.4 is 4.74 Å². The van der Waals surface area contributed by atoms with Crippen molar-refractivity contribution in [1.29, 1.82) is 0 Å². The number of nitrogens with zero attached hydrogens (tertiary/aromatic N) is 1. The maximum absolute atomic E-state index is 12.9. The Morgan fingerprint density at radius 3 is 2.71 bits per heavy atom. The molecule has 0 atom stereocenters. The quantitative estimate of drug-likeness (QED) is 0.700. The van der Waals surface area contributed by atoms with E-state index in [0.29, 0.717) is 17.4 Å². The third-order valence-electron chi connectivity index (χ3n) is 2.86. The van der Waals surface area contributed by atoms with Crippen LogP contribution in [0.1, 0.15) is 5.89 Å². The van der Waals surface area contributed by atoms with Gasteiger partial charge in [0.25, 0.3) is 0 Å². The highest BCUT2D eigenvalue weighted by Gasteiger charge is 2.08. The van der Waals surface area contributed by atoms with Crippen LogP contribution in [-0.2, 0) is 6.61 Å². The fourth-order valence-corrected chi connectivity index (χ4v) is 2.07. The summed E-state index contributed by atoms with van der Waals surface area (Å²) in [6.07, 6.45) is 1.64. The van der Waals surface area contributed by atoms with Gasteiger partial charge in [0.05, 0.1) is 11.2 Å². The third kappa shape index (κ3) is 3.23. The maximum Gasteiger partial charge on any atom is 0.232 e. The zero-order valence-electron chi connectivity index (χ0n) is 10.9. The Morgan fingerprint density at radius 2 is 1.95 bits per heavy atom. The van der Waals surface area contributed by atoms with Crippen molar-refractivity contribution in [2.24, 2.45) is 0 Å². The van der Waals surface area contributed by atoms with Gasteiger partial charge in [-0.2, -0.15) is 0 Å². The lowest BCUT2D eigenvalue weighted by atomic mass is 10.2. The molecule has 3 rings (SSSR count). The van der Waals surface area contributed by atoms with E-state index >= 15 is 0 Å². The standard InChI is InChI=1S/C16H11ClFNO2/c17-13-8-12(18)6-7-14(13)20-10-16-19-9-15(21-16)11-4-2-1-3-5-11/h1-9H,10H2. The lowest BCUT2D eigenvalue weighted by molar-refractivity contribution is 0.264. The van der Waals surface area contributed by atoms with Crippen LogP contribution in [0.4, 0.5) is 4.39 Å². The van der Waals surface area contributed by atoms with E-state index in [0.717, 1.165) is 5.56 Å². The van der Waals surface area contributed by atoms with Crippen molar-refractivity contribution < 1.29 is 13.5 Å². The van der Waals surface area contributed by atoms with Crippen LogP contribution in [0.2, 0.25) is 5.02 Å². The van der Waals surface area contributed by atoms with Gasteiger partial charge in [-0.1, -0.05) is 41.9 Å². The van der Waals surface area contributed by atoms with E-state index in [2.05, 4.69) is 4.98 Å². The molecule has 1 heterocycles. The maximum atomic E-state index is 12.9. The monoisotopic (exact) mass is 303 g/mol. The van der Waals surface area contributed by atoms with E-state index in [9.17, 15) is 4.39 Å². The summed E-state index contributed by atoms with van der Waals surface area (Å²) in [5.74, 6) is 1.07. The molecule has 0 saturated heterocycles. The average molecular weight is 304 g/mol. The Hall–Kier alpha value is -2.33. The Kier molecular flexibility index (Phi) is 3.88. The van der Waals surface area contributed by atoms with Crippen molar-refractivity contribution in [3.63, 3.8) is 0 Å². The Balaban J connectivity index is 1.70. The molecule has 3 nitrogen and oxygen atoms in total. The predicted octanol–water partition coefficient (Wildman–Crippen LogP) is 4.71. The summed E-state index contributed by atoms with van der Waals surface area (Å²) in [6, 6.07) is 13.6. The third-order valence-corrected chi connectivity index (χ3v) is 3.15. The van der Waals surface area contributed by atoms with Crippen molar-refractivity contribution in [2.75, 3.05) is 0 Å². The molecule has 1 aromatic heterocycles. The summed E-state index contributed by atoms with van der Waals surface area (Å²) >= 11 is 5.88. The van der Waals surface area contributed by atoms with Gasteiger partial charge in [-0.15, -0.1) is 0 Å². The molecule has 0 bridgehead atoms. The Labute approximate surface area is 126 Å². The lowest BCUT2D eigenvalue weighted by Crippen LogP contribution is -1.96. The molecule has 5 heteroatoms. The van der Waals surface area contributed by atoms with Gasteiger partial charge in [-0.3, -0.25) is 0 Å². The number of ether oxygens (including phenoxy) is 1. The first-order valence-electron chi connectivity index (χ1n) is 6.30. The Bertz CT molecular complexity index is 743. The summed E-state index contributed by atoms with van der Waals surface area (Å²) in [6.45, 7) is 0.123. The van der Waals surface area contributed by atoms with Crippen molar-refractivity contribution in [3.05, 3.63) is 71.5 Å². The van der Waals surface area contributed by atoms with Gasteiger partial charge in [0.2, 0.25) is 5.89 Å². The number of halogens is 2. The van der Waals surface area contributed by atoms with Gasteiger partial charge >= 0.3 is 0 Å². The zero-order valence-corrected chi connectivity index (χ0v) is 11.7. The molecule has 106 valence electrons. The first kappa shape index (κ1) is 13.6. The van der Waals surface area contributed by atoms with Crippen LogP contribution in [0.5, 0.6) is 5.75 Å². The summed E-state index contributed by atoms with van der Waals surface area (Å²) in [5.41, 5.74) is 0.941. The summed E-state index contributed by atoms with van der Waals surface area (Å²) < 4.78 is 24.0. The van der Waals surface area contributed by atoms with Crippen LogP contribution in [0, 0.1) is 5.82 Å². The average Bonchev–Trinajstić information content (AvgIpc) is 2.96. The van der Waals surface area contributed by atoms with E-state index in [1.165, 1.54) is 18.2 Å². The van der Waals surface area contributed by atoms with Crippen molar-refractivity contribution in [3.8, 4) is 17.1 Å². The second-order valence-electron chi connectivity index (χ2n) is 4.35. The first-order valence-corrected chi connectivity index (χ1v) is 6.68. The summed E-state index contributed by atoms with van der Waals surface area (Å²) in [5, 5.41) is 0.213. The van der Waals surface area contributed by atoms with E-state index in [1.807, 2.05) is 30.3 Å². The minimum atomic E-state index is -0.408. The van der Waals surface area contributed by atoms with Crippen LogP contribution in [0.3, 0.4) is 0 Å². The van der Waals surface area contributed by atoms with Crippen LogP contribution in [0.25, 0.3) is 11.3 Å². The normalized spacial score (nSPS) is 10.6. The molecule has 0 amide bonds. The molecule has 21 heavy (non-hydrogen) atoms. The number of rotatable bonds is 4. The van der Waals surface area contributed by atoms with Crippen LogP contribution in [-0.4, -0.2) is 4.98 Å².